The minimum absolute atomic E-state index is 0.112. The van der Waals surface area contributed by atoms with Crippen molar-refractivity contribution in [3.05, 3.63) is 50.4 Å². The van der Waals surface area contributed by atoms with Crippen molar-refractivity contribution in [3.8, 4) is 5.75 Å². The summed E-state index contributed by atoms with van der Waals surface area (Å²) in [6, 6.07) is 9.32. The summed E-state index contributed by atoms with van der Waals surface area (Å²) in [7, 11) is -2.19. The SMILES string of the molecule is COc1cc(NS(=O)(=O)c2ccc(Cl)c(Br)c2)ccc1Br. The van der Waals surface area contributed by atoms with Crippen molar-refractivity contribution in [2.45, 2.75) is 4.90 Å². The number of methoxy groups -OCH3 is 1. The van der Waals surface area contributed by atoms with Gasteiger partial charge >= 0.3 is 0 Å². The lowest BCUT2D eigenvalue weighted by Gasteiger charge is -2.11. The fourth-order valence-electron chi connectivity index (χ4n) is 1.58. The van der Waals surface area contributed by atoms with E-state index in [4.69, 9.17) is 16.3 Å². The van der Waals surface area contributed by atoms with Gasteiger partial charge in [-0.25, -0.2) is 8.42 Å². The number of halogens is 3. The molecule has 0 radical (unpaired) electrons. The van der Waals surface area contributed by atoms with Gasteiger partial charge in [0.15, 0.2) is 0 Å². The van der Waals surface area contributed by atoms with Gasteiger partial charge in [0.25, 0.3) is 10.0 Å². The summed E-state index contributed by atoms with van der Waals surface area (Å²) in [5, 5.41) is 0.444. The van der Waals surface area contributed by atoms with E-state index in [0.29, 0.717) is 20.9 Å². The van der Waals surface area contributed by atoms with E-state index in [-0.39, 0.29) is 4.90 Å². The molecule has 0 aliphatic rings. The highest BCUT2D eigenvalue weighted by Crippen LogP contribution is 2.30. The molecule has 0 amide bonds. The minimum atomic E-state index is -3.70. The van der Waals surface area contributed by atoms with E-state index in [1.165, 1.54) is 25.3 Å². The lowest BCUT2D eigenvalue weighted by Crippen LogP contribution is -2.13. The molecule has 21 heavy (non-hydrogen) atoms. The van der Waals surface area contributed by atoms with E-state index >= 15 is 0 Å². The van der Waals surface area contributed by atoms with Crippen molar-refractivity contribution in [2.75, 3.05) is 11.8 Å². The number of rotatable bonds is 4. The van der Waals surface area contributed by atoms with Crippen molar-refractivity contribution in [1.82, 2.24) is 0 Å². The molecule has 0 atom stereocenters. The molecule has 2 aromatic carbocycles. The van der Waals surface area contributed by atoms with Crippen molar-refractivity contribution in [1.29, 1.82) is 0 Å². The fraction of sp³-hybridized carbons (Fsp3) is 0.0769. The molecule has 112 valence electrons. The maximum atomic E-state index is 12.3. The average molecular weight is 456 g/mol. The normalized spacial score (nSPS) is 11.2. The molecule has 2 rings (SSSR count). The number of anilines is 1. The Morgan fingerprint density at radius 3 is 2.43 bits per heavy atom. The van der Waals surface area contributed by atoms with E-state index in [0.717, 1.165) is 4.47 Å². The Hall–Kier alpha value is -0.760. The molecule has 1 N–H and O–H groups in total. The minimum Gasteiger partial charge on any atom is -0.495 e. The van der Waals surface area contributed by atoms with Crippen LogP contribution in [-0.2, 0) is 10.0 Å². The van der Waals surface area contributed by atoms with E-state index in [9.17, 15) is 8.42 Å². The van der Waals surface area contributed by atoms with Gasteiger partial charge in [0.05, 0.1) is 27.2 Å². The van der Waals surface area contributed by atoms with Crippen LogP contribution in [0.25, 0.3) is 0 Å². The number of sulfonamides is 1. The number of hydrogen-bond acceptors (Lipinski definition) is 3. The number of ether oxygens (including phenoxy) is 1. The second kappa shape index (κ2) is 6.56. The monoisotopic (exact) mass is 453 g/mol. The Kier molecular flexibility index (Phi) is 5.19. The maximum Gasteiger partial charge on any atom is 0.261 e. The van der Waals surface area contributed by atoms with Crippen LogP contribution in [0.1, 0.15) is 0 Å². The number of benzene rings is 2. The Morgan fingerprint density at radius 2 is 1.81 bits per heavy atom. The van der Waals surface area contributed by atoms with Gasteiger partial charge in [-0.2, -0.15) is 0 Å². The highest BCUT2D eigenvalue weighted by atomic mass is 79.9. The van der Waals surface area contributed by atoms with Gasteiger partial charge in [0.2, 0.25) is 0 Å². The predicted octanol–water partition coefficient (Wildman–Crippen LogP) is 4.67. The van der Waals surface area contributed by atoms with Gasteiger partial charge in [-0.05, 0) is 62.2 Å². The first-order chi connectivity index (χ1) is 9.83. The summed E-state index contributed by atoms with van der Waals surface area (Å²) in [6.07, 6.45) is 0. The van der Waals surface area contributed by atoms with E-state index < -0.39 is 10.0 Å². The molecule has 0 unspecified atom stereocenters. The third kappa shape index (κ3) is 3.91. The van der Waals surface area contributed by atoms with Gasteiger partial charge < -0.3 is 4.74 Å². The zero-order chi connectivity index (χ0) is 15.6. The number of hydrogen-bond donors (Lipinski definition) is 1. The van der Waals surface area contributed by atoms with Crippen molar-refractivity contribution in [3.63, 3.8) is 0 Å². The average Bonchev–Trinajstić information content (AvgIpc) is 2.43. The Labute approximate surface area is 144 Å². The molecule has 0 fully saturated rings. The summed E-state index contributed by atoms with van der Waals surface area (Å²) < 4.78 is 33.5. The van der Waals surface area contributed by atoms with Gasteiger partial charge in [-0.15, -0.1) is 0 Å². The summed E-state index contributed by atoms with van der Waals surface area (Å²) in [5.41, 5.74) is 0.404. The molecule has 2 aromatic rings. The zero-order valence-corrected chi connectivity index (χ0v) is 15.5. The topological polar surface area (TPSA) is 55.4 Å². The third-order valence-electron chi connectivity index (χ3n) is 2.60. The van der Waals surface area contributed by atoms with Crippen LogP contribution in [0, 0.1) is 0 Å². The summed E-state index contributed by atoms with van der Waals surface area (Å²) in [5.74, 6) is 0.535. The molecule has 0 heterocycles. The summed E-state index contributed by atoms with van der Waals surface area (Å²) >= 11 is 12.4. The lowest BCUT2D eigenvalue weighted by molar-refractivity contribution is 0.412. The molecular formula is C13H10Br2ClNO3S. The molecule has 4 nitrogen and oxygen atoms in total. The van der Waals surface area contributed by atoms with Crippen LogP contribution in [0.2, 0.25) is 5.02 Å². The molecule has 0 saturated heterocycles. The molecule has 0 aliphatic carbocycles. The molecule has 0 aromatic heterocycles. The van der Waals surface area contributed by atoms with E-state index in [2.05, 4.69) is 36.6 Å². The second-order valence-electron chi connectivity index (χ2n) is 4.03. The van der Waals surface area contributed by atoms with E-state index in [1.54, 1.807) is 18.2 Å². The first-order valence-electron chi connectivity index (χ1n) is 5.65. The first-order valence-corrected chi connectivity index (χ1v) is 9.09. The fourth-order valence-corrected chi connectivity index (χ4v) is 3.71. The molecular weight excluding hydrogens is 445 g/mol. The number of nitrogens with one attached hydrogen (secondary N) is 1. The van der Waals surface area contributed by atoms with Crippen molar-refractivity contribution in [2.24, 2.45) is 0 Å². The van der Waals surface area contributed by atoms with Gasteiger partial charge in [-0.3, -0.25) is 4.72 Å². The van der Waals surface area contributed by atoms with Crippen LogP contribution in [0.15, 0.2) is 50.2 Å². The Bertz CT molecular complexity index is 781. The first kappa shape index (κ1) is 16.6. The van der Waals surface area contributed by atoms with Crippen LogP contribution in [0.5, 0.6) is 5.75 Å². The predicted molar refractivity (Wildman–Crippen MR) is 90.7 cm³/mol. The van der Waals surface area contributed by atoms with Crippen LogP contribution in [-0.4, -0.2) is 15.5 Å². The quantitative estimate of drug-likeness (QED) is 0.729. The molecule has 0 spiro atoms. The highest BCUT2D eigenvalue weighted by molar-refractivity contribution is 9.10. The van der Waals surface area contributed by atoms with E-state index in [1.807, 2.05) is 0 Å². The largest absolute Gasteiger partial charge is 0.495 e. The van der Waals surface area contributed by atoms with Crippen LogP contribution in [0.3, 0.4) is 0 Å². The Balaban J connectivity index is 2.35. The van der Waals surface area contributed by atoms with Crippen molar-refractivity contribution >= 4 is 59.2 Å². The molecule has 0 bridgehead atoms. The molecule has 0 saturated carbocycles. The Morgan fingerprint density at radius 1 is 1.10 bits per heavy atom. The van der Waals surface area contributed by atoms with Gasteiger partial charge in [0.1, 0.15) is 5.75 Å². The second-order valence-corrected chi connectivity index (χ2v) is 7.83. The van der Waals surface area contributed by atoms with Gasteiger partial charge in [0, 0.05) is 10.5 Å². The van der Waals surface area contributed by atoms with Crippen molar-refractivity contribution < 1.29 is 13.2 Å². The highest BCUT2D eigenvalue weighted by Gasteiger charge is 2.16. The third-order valence-corrected chi connectivity index (χ3v) is 5.85. The summed E-state index contributed by atoms with van der Waals surface area (Å²) in [6.45, 7) is 0. The molecule has 0 aliphatic heterocycles. The molecule has 8 heteroatoms. The van der Waals surface area contributed by atoms with Gasteiger partial charge in [-0.1, -0.05) is 11.6 Å². The smallest absolute Gasteiger partial charge is 0.261 e. The van der Waals surface area contributed by atoms with Crippen LogP contribution in [0.4, 0.5) is 5.69 Å². The zero-order valence-electron chi connectivity index (χ0n) is 10.7. The lowest BCUT2D eigenvalue weighted by atomic mass is 10.3. The maximum absolute atomic E-state index is 12.3. The standard InChI is InChI=1S/C13H10Br2ClNO3S/c1-20-13-6-8(2-4-10(13)14)17-21(18,19)9-3-5-12(16)11(15)7-9/h2-7,17H,1H3. The van der Waals surface area contributed by atoms with Crippen LogP contribution < -0.4 is 9.46 Å². The summed E-state index contributed by atoms with van der Waals surface area (Å²) in [4.78, 5) is 0.112. The van der Waals surface area contributed by atoms with Crippen LogP contribution >= 0.6 is 43.5 Å².